The number of carbonyl (C=O) groups excluding carboxylic acids is 1. The third kappa shape index (κ3) is 22.7. The number of rotatable bonds is 15. The molecule has 290 valence electrons. The van der Waals surface area contributed by atoms with Gasteiger partial charge < -0.3 is 19.8 Å². The molecule has 0 fully saturated rings. The lowest BCUT2D eigenvalue weighted by Gasteiger charge is -2.30. The van der Waals surface area contributed by atoms with E-state index in [1.807, 2.05) is 58.3 Å². The number of allylic oxidation sites excluding steroid dienone is 2. The van der Waals surface area contributed by atoms with Gasteiger partial charge in [0.25, 0.3) is 0 Å². The Balaban J connectivity index is 0. The lowest BCUT2D eigenvalue weighted by molar-refractivity contribution is -0.192. The number of carboxylic acids is 1. The van der Waals surface area contributed by atoms with Crippen LogP contribution in [-0.2, 0) is 4.79 Å². The summed E-state index contributed by atoms with van der Waals surface area (Å²) in [6.45, 7) is 22.0. The van der Waals surface area contributed by atoms with Crippen LogP contribution in [0.2, 0.25) is 0 Å². The summed E-state index contributed by atoms with van der Waals surface area (Å²) < 4.78 is 31.7. The number of amides is 2. The van der Waals surface area contributed by atoms with Crippen LogP contribution in [0.25, 0.3) is 6.08 Å². The van der Waals surface area contributed by atoms with Gasteiger partial charge in [-0.1, -0.05) is 96.6 Å². The Morgan fingerprint density at radius 3 is 2.15 bits per heavy atom. The number of aliphatic carboxylic acids is 1. The third-order valence-corrected chi connectivity index (χ3v) is 6.61. The molecule has 0 unspecified atom stereocenters. The first-order chi connectivity index (χ1) is 24.5. The van der Waals surface area contributed by atoms with Crippen LogP contribution in [0.1, 0.15) is 72.7 Å². The van der Waals surface area contributed by atoms with Crippen molar-refractivity contribution >= 4 is 29.6 Å². The van der Waals surface area contributed by atoms with Crippen LogP contribution in [0.5, 0.6) is 0 Å². The van der Waals surface area contributed by atoms with Crippen molar-refractivity contribution < 1.29 is 27.9 Å². The van der Waals surface area contributed by atoms with Crippen LogP contribution < -0.4 is 15.3 Å². The van der Waals surface area contributed by atoms with E-state index in [2.05, 4.69) is 97.7 Å². The molecule has 0 atom stereocenters. The molecule has 2 amide bonds. The Labute approximate surface area is 309 Å². The van der Waals surface area contributed by atoms with Crippen LogP contribution in [0, 0.1) is 17.2 Å². The highest BCUT2D eigenvalue weighted by atomic mass is 19.4. The van der Waals surface area contributed by atoms with Crippen molar-refractivity contribution in [2.24, 2.45) is 5.92 Å². The van der Waals surface area contributed by atoms with Gasteiger partial charge in [-0.15, -0.1) is 0 Å². The van der Waals surface area contributed by atoms with Crippen molar-refractivity contribution in [2.75, 3.05) is 63.8 Å². The number of benzene rings is 1. The fourth-order valence-electron chi connectivity index (χ4n) is 3.92. The van der Waals surface area contributed by atoms with Crippen molar-refractivity contribution in [3.05, 3.63) is 78.3 Å². The van der Waals surface area contributed by atoms with E-state index in [0.29, 0.717) is 25.5 Å². The van der Waals surface area contributed by atoms with E-state index >= 15 is 0 Å². The number of aromatic nitrogens is 2. The quantitative estimate of drug-likeness (QED) is 0.138. The van der Waals surface area contributed by atoms with E-state index in [4.69, 9.17) is 15.2 Å². The first-order valence-electron chi connectivity index (χ1n) is 17.3. The Kier molecular flexibility index (Phi) is 26.3. The number of carbonyl (C=O) groups is 2. The summed E-state index contributed by atoms with van der Waals surface area (Å²) in [4.78, 5) is 36.3. The second kappa shape index (κ2) is 27.8. The van der Waals surface area contributed by atoms with Gasteiger partial charge in [0.1, 0.15) is 6.07 Å². The van der Waals surface area contributed by atoms with Gasteiger partial charge >= 0.3 is 18.2 Å². The van der Waals surface area contributed by atoms with E-state index in [1.54, 1.807) is 16.0 Å². The number of alkyl halides is 3. The number of urea groups is 1. The summed E-state index contributed by atoms with van der Waals surface area (Å²) in [5.74, 6) is -1.91. The largest absolute Gasteiger partial charge is 0.490 e. The highest BCUT2D eigenvalue weighted by Gasteiger charge is 2.38. The maximum Gasteiger partial charge on any atom is 0.490 e. The molecule has 0 saturated heterocycles. The van der Waals surface area contributed by atoms with Crippen LogP contribution in [0.3, 0.4) is 0 Å². The minimum Gasteiger partial charge on any atom is -0.475 e. The molecule has 0 aliphatic rings. The third-order valence-electron chi connectivity index (χ3n) is 6.61. The number of nitriles is 1. The number of hydrazine groups is 1. The summed E-state index contributed by atoms with van der Waals surface area (Å²) in [7, 11) is 6.14. The second-order valence-electron chi connectivity index (χ2n) is 11.8. The van der Waals surface area contributed by atoms with Crippen LogP contribution in [0.15, 0.2) is 66.9 Å². The van der Waals surface area contributed by atoms with Gasteiger partial charge in [-0.05, 0) is 50.6 Å². The molecule has 52 heavy (non-hydrogen) atoms. The Morgan fingerprint density at radius 2 is 1.69 bits per heavy atom. The zero-order chi connectivity index (χ0) is 40.3. The Bertz CT molecular complexity index is 1410. The predicted octanol–water partition coefficient (Wildman–Crippen LogP) is 8.05. The number of likely N-dealkylation sites (N-methyl/N-ethyl adjacent to an activating group) is 1. The molecule has 1 heterocycles. The average molecular weight is 733 g/mol. The fourth-order valence-corrected chi connectivity index (χ4v) is 3.92. The van der Waals surface area contributed by atoms with Gasteiger partial charge in [0.2, 0.25) is 5.82 Å². The average Bonchev–Trinajstić information content (AvgIpc) is 3.10. The fraction of sp³-hybridized carbons (Fsp3) is 0.500. The molecular weight excluding hydrogens is 673 g/mol. The molecule has 0 aliphatic heterocycles. The number of hydrogen-bond donors (Lipinski definition) is 2. The van der Waals surface area contributed by atoms with E-state index < -0.39 is 12.1 Å². The van der Waals surface area contributed by atoms with E-state index in [0.717, 1.165) is 37.2 Å². The van der Waals surface area contributed by atoms with Gasteiger partial charge in [0, 0.05) is 58.2 Å². The predicted molar refractivity (Wildman–Crippen MR) is 206 cm³/mol. The number of nitrogens with one attached hydrogen (secondary N) is 1. The van der Waals surface area contributed by atoms with Crippen LogP contribution in [-0.4, -0.2) is 96.9 Å². The lowest BCUT2D eigenvalue weighted by Crippen LogP contribution is -2.51. The standard InChI is InChI=1S/C25H35N7O.C9H17N.C2HF3O2.C2H6/c1-6-7-16-31(17-8-9-21-10-12-22(13-11-21)30(4)5)25(33)29-32(19-20(2)3)24-14-15-27-23(18-26)28-24;1-5-7-9(3)8-10(4)6-2;3-2(4,5)1(6)7;1-2/h8-15,20H,6-7,16-17,19H2,1-5H3,(H,29,33);5,7H,1,6,8H2,2-4H3;(H,6,7);1-2H3/b9-8+;9-7+;;. The van der Waals surface area contributed by atoms with E-state index in [9.17, 15) is 18.0 Å². The molecule has 2 rings (SSSR count). The number of carboxylic acid groups (broad SMARTS) is 1. The summed E-state index contributed by atoms with van der Waals surface area (Å²) in [5.41, 5.74) is 6.57. The van der Waals surface area contributed by atoms with Crippen molar-refractivity contribution in [2.45, 2.75) is 67.5 Å². The van der Waals surface area contributed by atoms with Gasteiger partial charge in [0.15, 0.2) is 5.82 Å². The van der Waals surface area contributed by atoms with Gasteiger partial charge in [-0.2, -0.15) is 23.4 Å². The zero-order valence-electron chi connectivity index (χ0n) is 32.5. The number of nitrogens with zero attached hydrogens (tertiary/aromatic N) is 7. The number of halogens is 3. The molecular formula is C38H59F3N8O3. The van der Waals surface area contributed by atoms with E-state index in [-0.39, 0.29) is 17.8 Å². The topological polar surface area (TPSA) is 129 Å². The molecule has 0 radical (unpaired) electrons. The summed E-state index contributed by atoms with van der Waals surface area (Å²) in [6.07, 6.45) is 6.26. The molecule has 1 aromatic heterocycles. The van der Waals surface area contributed by atoms with Crippen molar-refractivity contribution in [1.29, 1.82) is 5.26 Å². The Hall–Kier alpha value is -4.90. The molecule has 0 aliphatic carbocycles. The SMILES string of the molecule is C=C/C=C(\C)CN(C)CC.CC.CCCCN(C/C=C/c1ccc(N(C)C)cc1)C(=O)NN(CC(C)C)c1ccnc(C#N)n1.O=C(O)C(F)(F)F. The van der Waals surface area contributed by atoms with Crippen LogP contribution >= 0.6 is 0 Å². The molecule has 2 N–H and O–H groups in total. The van der Waals surface area contributed by atoms with E-state index in [1.165, 1.54) is 11.8 Å². The molecule has 14 heteroatoms. The molecule has 0 spiro atoms. The minimum absolute atomic E-state index is 0.0709. The molecule has 11 nitrogen and oxygen atoms in total. The van der Waals surface area contributed by atoms with Crippen LogP contribution in [0.4, 0.5) is 29.5 Å². The van der Waals surface area contributed by atoms with Crippen molar-refractivity contribution in [3.8, 4) is 6.07 Å². The van der Waals surface area contributed by atoms with Crippen molar-refractivity contribution in [1.82, 2.24) is 25.2 Å². The maximum absolute atomic E-state index is 13.2. The maximum atomic E-state index is 13.2. The smallest absolute Gasteiger partial charge is 0.475 e. The van der Waals surface area contributed by atoms with Gasteiger partial charge in [-0.3, -0.25) is 5.01 Å². The molecule has 0 saturated carbocycles. The molecule has 1 aromatic carbocycles. The first-order valence-corrected chi connectivity index (χ1v) is 17.3. The minimum atomic E-state index is -5.08. The van der Waals surface area contributed by atoms with Gasteiger partial charge in [-0.25, -0.2) is 20.0 Å². The van der Waals surface area contributed by atoms with Crippen molar-refractivity contribution in [3.63, 3.8) is 0 Å². The number of anilines is 2. The van der Waals surface area contributed by atoms with Gasteiger partial charge in [0.05, 0.1) is 0 Å². The number of unbranched alkanes of at least 4 members (excludes halogenated alkanes) is 1. The number of hydrogen-bond acceptors (Lipinski definition) is 8. The first kappa shape index (κ1) is 49.2. The summed E-state index contributed by atoms with van der Waals surface area (Å²) in [5, 5.41) is 17.9. The lowest BCUT2D eigenvalue weighted by atomic mass is 10.2. The zero-order valence-corrected chi connectivity index (χ0v) is 32.5. The highest BCUT2D eigenvalue weighted by Crippen LogP contribution is 2.15. The Morgan fingerprint density at radius 1 is 1.10 bits per heavy atom. The molecule has 2 aromatic rings. The monoisotopic (exact) mass is 732 g/mol. The highest BCUT2D eigenvalue weighted by molar-refractivity contribution is 5.76. The summed E-state index contributed by atoms with van der Waals surface area (Å²) >= 11 is 0. The normalized spacial score (nSPS) is 10.8. The molecule has 0 bridgehead atoms. The summed E-state index contributed by atoms with van der Waals surface area (Å²) in [6, 6.07) is 11.7. The second-order valence-corrected chi connectivity index (χ2v) is 11.8.